The van der Waals surface area contributed by atoms with Crippen molar-refractivity contribution in [2.75, 3.05) is 16.0 Å². The van der Waals surface area contributed by atoms with Gasteiger partial charge in [0.25, 0.3) is 0 Å². The van der Waals surface area contributed by atoms with Gasteiger partial charge in [-0.25, -0.2) is 19.2 Å². The number of rotatable bonds is 6. The topological polar surface area (TPSA) is 154 Å². The summed E-state index contributed by atoms with van der Waals surface area (Å²) in [7, 11) is 0. The second kappa shape index (κ2) is 12.8. The average molecular weight is 735 g/mol. The SMILES string of the molecule is O=C1OC2(c3ccc(O)cc3Oc3cc(O)ccc32)c2ccc(NC(=S)Nc3ccc(Nc4cc(-c5[nH]cnc5-c5ccc(F)cc5)ccn4)cc3)cc21. The zero-order valence-corrected chi connectivity index (χ0v) is 28.7. The maximum Gasteiger partial charge on any atom is 0.340 e. The fraction of sp³-hybridized carbons (Fsp3) is 0.0244. The third-order valence-electron chi connectivity index (χ3n) is 9.25. The van der Waals surface area contributed by atoms with Gasteiger partial charge < -0.3 is 40.6 Å². The van der Waals surface area contributed by atoms with Crippen LogP contribution in [0.4, 0.5) is 27.3 Å². The van der Waals surface area contributed by atoms with Crippen LogP contribution < -0.4 is 20.7 Å². The van der Waals surface area contributed by atoms with E-state index < -0.39 is 11.6 Å². The predicted molar refractivity (Wildman–Crippen MR) is 205 cm³/mol. The summed E-state index contributed by atoms with van der Waals surface area (Å²) in [5, 5.41) is 30.3. The summed E-state index contributed by atoms with van der Waals surface area (Å²) < 4.78 is 25.7. The third kappa shape index (κ3) is 5.68. The Balaban J connectivity index is 0.900. The number of thiocarbonyl (C=S) groups is 1. The van der Waals surface area contributed by atoms with Crippen LogP contribution in [0.3, 0.4) is 0 Å². The monoisotopic (exact) mass is 734 g/mol. The number of H-pyrrole nitrogens is 1. The summed E-state index contributed by atoms with van der Waals surface area (Å²) in [6.45, 7) is 0. The molecule has 0 unspecified atom stereocenters. The van der Waals surface area contributed by atoms with Gasteiger partial charge in [0.05, 0.1) is 23.3 Å². The highest BCUT2D eigenvalue weighted by atomic mass is 32.1. The van der Waals surface area contributed by atoms with E-state index in [1.807, 2.05) is 36.4 Å². The number of nitrogens with one attached hydrogen (secondary N) is 4. The number of imidazole rings is 1. The lowest BCUT2D eigenvalue weighted by atomic mass is 9.77. The number of nitrogens with zero attached hydrogens (tertiary/aromatic N) is 2. The lowest BCUT2D eigenvalue weighted by Gasteiger charge is -2.36. The van der Waals surface area contributed by atoms with Gasteiger partial charge in [-0.1, -0.05) is 6.07 Å². The van der Waals surface area contributed by atoms with Crippen molar-refractivity contribution < 1.29 is 28.9 Å². The van der Waals surface area contributed by atoms with Gasteiger partial charge in [0.1, 0.15) is 34.6 Å². The molecule has 0 saturated carbocycles. The summed E-state index contributed by atoms with van der Waals surface area (Å²) in [4.78, 5) is 25.6. The fourth-order valence-electron chi connectivity index (χ4n) is 6.86. The van der Waals surface area contributed by atoms with Crippen LogP contribution in [-0.4, -0.2) is 36.2 Å². The van der Waals surface area contributed by atoms with E-state index in [0.29, 0.717) is 56.1 Å². The highest BCUT2D eigenvalue weighted by molar-refractivity contribution is 7.80. The second-order valence-electron chi connectivity index (χ2n) is 12.6. The number of aromatic nitrogens is 3. The Morgan fingerprint density at radius 2 is 1.37 bits per heavy atom. The molecule has 2 aliphatic rings. The first kappa shape index (κ1) is 32.6. The second-order valence-corrected chi connectivity index (χ2v) is 13.0. The van der Waals surface area contributed by atoms with Gasteiger partial charge >= 0.3 is 5.97 Å². The number of benzene rings is 5. The Morgan fingerprint density at radius 1 is 0.722 bits per heavy atom. The average Bonchev–Trinajstić information content (AvgIpc) is 3.76. The van der Waals surface area contributed by atoms with Gasteiger partial charge in [0.2, 0.25) is 0 Å². The Hall–Kier alpha value is -7.25. The van der Waals surface area contributed by atoms with Crippen molar-refractivity contribution in [2.24, 2.45) is 0 Å². The predicted octanol–water partition coefficient (Wildman–Crippen LogP) is 8.81. The Morgan fingerprint density at radius 3 is 2.09 bits per heavy atom. The number of pyridine rings is 1. The lowest BCUT2D eigenvalue weighted by Crippen LogP contribution is -2.32. The van der Waals surface area contributed by atoms with Gasteiger partial charge in [0.15, 0.2) is 10.7 Å². The number of aromatic amines is 1. The quantitative estimate of drug-likeness (QED) is 0.0718. The first-order valence-electron chi connectivity index (χ1n) is 16.7. The number of halogens is 1. The molecule has 4 heterocycles. The Labute approximate surface area is 312 Å². The molecule has 0 radical (unpaired) electrons. The van der Waals surface area contributed by atoms with E-state index in [0.717, 1.165) is 28.2 Å². The van der Waals surface area contributed by atoms with E-state index >= 15 is 0 Å². The molecule has 7 aromatic rings. The molecule has 0 fully saturated rings. The summed E-state index contributed by atoms with van der Waals surface area (Å²) in [5.74, 6) is 0.330. The molecule has 264 valence electrons. The number of carbonyl (C=O) groups is 1. The van der Waals surface area contributed by atoms with Crippen molar-refractivity contribution in [1.29, 1.82) is 0 Å². The van der Waals surface area contributed by atoms with E-state index in [2.05, 4.69) is 30.9 Å². The van der Waals surface area contributed by atoms with Gasteiger partial charge in [-0.3, -0.25) is 0 Å². The maximum absolute atomic E-state index is 13.5. The minimum atomic E-state index is -1.35. The molecule has 5 aromatic carbocycles. The van der Waals surface area contributed by atoms with Crippen LogP contribution in [0.2, 0.25) is 0 Å². The molecule has 0 bridgehead atoms. The number of esters is 1. The summed E-state index contributed by atoms with van der Waals surface area (Å²) in [6.07, 6.45) is 3.30. The van der Waals surface area contributed by atoms with Gasteiger partial charge in [0, 0.05) is 63.2 Å². The van der Waals surface area contributed by atoms with Crippen LogP contribution in [-0.2, 0) is 10.3 Å². The highest BCUT2D eigenvalue weighted by Crippen LogP contribution is 2.57. The summed E-state index contributed by atoms with van der Waals surface area (Å²) in [5.41, 5.74) is 5.86. The minimum absolute atomic E-state index is 0.0180. The number of phenolic OH excluding ortho intramolecular Hbond substituents is 2. The molecule has 9 rings (SSSR count). The molecular formula is C41H27FN6O5S. The van der Waals surface area contributed by atoms with Crippen molar-refractivity contribution in [2.45, 2.75) is 5.60 Å². The molecule has 0 atom stereocenters. The van der Waals surface area contributed by atoms with E-state index in [1.165, 1.54) is 36.4 Å². The summed E-state index contributed by atoms with van der Waals surface area (Å²) >= 11 is 5.61. The number of carbonyl (C=O) groups excluding carboxylic acids is 1. The number of hydrogen-bond donors (Lipinski definition) is 6. The fourth-order valence-corrected chi connectivity index (χ4v) is 7.09. The van der Waals surface area contributed by atoms with Crippen molar-refractivity contribution in [1.82, 2.24) is 15.0 Å². The molecule has 1 spiro atoms. The van der Waals surface area contributed by atoms with Crippen molar-refractivity contribution >= 4 is 46.2 Å². The minimum Gasteiger partial charge on any atom is -0.508 e. The van der Waals surface area contributed by atoms with E-state index in [4.69, 9.17) is 21.7 Å². The molecule has 2 aromatic heterocycles. The number of ether oxygens (including phenoxy) is 2. The molecular weight excluding hydrogens is 708 g/mol. The molecule has 6 N–H and O–H groups in total. The molecule has 0 saturated heterocycles. The standard InChI is InChI=1S/C41H27FN6O5S/c42-24-3-1-22(2-4-24)37-38(45-21-44-37)23-15-16-43-36(17-23)46-25-5-7-26(8-6-25)47-40(54)48-27-9-12-31-30(18-27)39(51)53-41(31)32-13-10-28(49)19-34(32)52-35-20-29(50)11-14-33(35)41/h1-21,49-50H,(H,43,46)(H,44,45)(H2,47,48,54). The van der Waals surface area contributed by atoms with Crippen molar-refractivity contribution in [3.63, 3.8) is 0 Å². The van der Waals surface area contributed by atoms with E-state index in [1.54, 1.807) is 55.0 Å². The molecule has 2 aliphatic heterocycles. The molecule has 54 heavy (non-hydrogen) atoms. The summed E-state index contributed by atoms with van der Waals surface area (Å²) in [6, 6.07) is 32.0. The van der Waals surface area contributed by atoms with Crippen LogP contribution in [0.5, 0.6) is 23.0 Å². The smallest absolute Gasteiger partial charge is 0.340 e. The van der Waals surface area contributed by atoms with Gasteiger partial charge in [-0.15, -0.1) is 0 Å². The van der Waals surface area contributed by atoms with Crippen LogP contribution in [0.15, 0.2) is 128 Å². The van der Waals surface area contributed by atoms with Crippen molar-refractivity contribution in [3.8, 4) is 45.5 Å². The first-order chi connectivity index (χ1) is 26.2. The van der Waals surface area contributed by atoms with Crippen LogP contribution >= 0.6 is 12.2 Å². The van der Waals surface area contributed by atoms with E-state index in [9.17, 15) is 19.4 Å². The van der Waals surface area contributed by atoms with Gasteiger partial charge in [-0.05, 0) is 109 Å². The zero-order chi connectivity index (χ0) is 37.0. The third-order valence-corrected chi connectivity index (χ3v) is 9.46. The Bertz CT molecular complexity index is 2580. The number of hydrogen-bond acceptors (Lipinski definition) is 9. The Kier molecular flexibility index (Phi) is 7.71. The molecule has 0 aliphatic carbocycles. The largest absolute Gasteiger partial charge is 0.508 e. The number of anilines is 4. The number of phenols is 2. The van der Waals surface area contributed by atoms with Crippen LogP contribution in [0, 0.1) is 5.82 Å². The van der Waals surface area contributed by atoms with Crippen LogP contribution in [0.1, 0.15) is 27.0 Å². The normalized spacial score (nSPS) is 13.2. The molecule has 0 amide bonds. The number of fused-ring (bicyclic) bond motifs is 6. The first-order valence-corrected chi connectivity index (χ1v) is 17.1. The lowest BCUT2D eigenvalue weighted by molar-refractivity contribution is 0.0224. The zero-order valence-electron chi connectivity index (χ0n) is 27.9. The van der Waals surface area contributed by atoms with Gasteiger partial charge in [-0.2, -0.15) is 0 Å². The molecule has 11 nitrogen and oxygen atoms in total. The maximum atomic E-state index is 13.5. The van der Waals surface area contributed by atoms with E-state index in [-0.39, 0.29) is 17.3 Å². The van der Waals surface area contributed by atoms with Crippen LogP contribution in [0.25, 0.3) is 22.5 Å². The number of aromatic hydroxyl groups is 2. The highest BCUT2D eigenvalue weighted by Gasteiger charge is 2.53. The molecule has 13 heteroatoms. The van der Waals surface area contributed by atoms with Crippen molar-refractivity contribution in [3.05, 3.63) is 156 Å².